The zero-order valence-electron chi connectivity index (χ0n) is 13.7. The Morgan fingerprint density at radius 2 is 2.04 bits per heavy atom. The lowest BCUT2D eigenvalue weighted by molar-refractivity contribution is 0.220. The molecule has 1 aliphatic rings. The van der Waals surface area contributed by atoms with Crippen molar-refractivity contribution in [3.05, 3.63) is 51.8 Å². The first-order chi connectivity index (χ1) is 10.9. The van der Waals surface area contributed by atoms with Crippen LogP contribution < -0.4 is 5.73 Å². The van der Waals surface area contributed by atoms with Crippen LogP contribution in [0, 0.1) is 25.5 Å². The molecule has 0 aliphatic carbocycles. The molecule has 0 amide bonds. The molecule has 1 atom stereocenters. The fourth-order valence-electron chi connectivity index (χ4n) is 3.59. The molecule has 0 radical (unpaired) electrons. The van der Waals surface area contributed by atoms with Crippen LogP contribution in [0.5, 0.6) is 0 Å². The Kier molecular flexibility index (Phi) is 4.21. The first-order valence-corrected chi connectivity index (χ1v) is 7.83. The van der Waals surface area contributed by atoms with Gasteiger partial charge in [0, 0.05) is 44.0 Å². The molecule has 0 fully saturated rings. The quantitative estimate of drug-likeness (QED) is 0.941. The average Bonchev–Trinajstić information content (AvgIpc) is 2.95. The van der Waals surface area contributed by atoms with Gasteiger partial charge in [-0.1, -0.05) is 0 Å². The molecule has 0 spiro atoms. The maximum atomic E-state index is 14.1. The van der Waals surface area contributed by atoms with Gasteiger partial charge < -0.3 is 5.73 Å². The number of nitrogens with two attached hydrogens (primary N) is 1. The van der Waals surface area contributed by atoms with Crippen LogP contribution in [0.3, 0.4) is 0 Å². The standard InChI is InChI=1S/C17H22F2N4/c1-10-14(11(2)22(3)21-10)4-5-23-9-12-6-13(18)7-15(19)17(12)16(23)8-20/h6-7,16H,4-5,8-9,20H2,1-3H3. The van der Waals surface area contributed by atoms with E-state index in [0.29, 0.717) is 24.2 Å². The molecule has 0 saturated heterocycles. The van der Waals surface area contributed by atoms with E-state index in [1.54, 1.807) is 0 Å². The maximum Gasteiger partial charge on any atom is 0.131 e. The summed E-state index contributed by atoms with van der Waals surface area (Å²) in [5.74, 6) is -1.02. The van der Waals surface area contributed by atoms with E-state index in [9.17, 15) is 8.78 Å². The van der Waals surface area contributed by atoms with Gasteiger partial charge >= 0.3 is 0 Å². The lowest BCUT2D eigenvalue weighted by Crippen LogP contribution is -2.30. The number of rotatable bonds is 4. The smallest absolute Gasteiger partial charge is 0.131 e. The summed E-state index contributed by atoms with van der Waals surface area (Å²) in [6.07, 6.45) is 0.820. The number of aromatic nitrogens is 2. The van der Waals surface area contributed by atoms with E-state index in [-0.39, 0.29) is 6.04 Å². The van der Waals surface area contributed by atoms with Crippen molar-refractivity contribution in [1.29, 1.82) is 0 Å². The SMILES string of the molecule is Cc1nn(C)c(C)c1CCN1Cc2cc(F)cc(F)c2C1CN. The van der Waals surface area contributed by atoms with Crippen molar-refractivity contribution in [1.82, 2.24) is 14.7 Å². The van der Waals surface area contributed by atoms with Crippen molar-refractivity contribution in [2.75, 3.05) is 13.1 Å². The lowest BCUT2D eigenvalue weighted by Gasteiger charge is -2.24. The zero-order chi connectivity index (χ0) is 16.7. The van der Waals surface area contributed by atoms with Crippen LogP contribution in [0.1, 0.15) is 34.1 Å². The van der Waals surface area contributed by atoms with Crippen LogP contribution in [-0.4, -0.2) is 27.8 Å². The van der Waals surface area contributed by atoms with Gasteiger partial charge in [-0.25, -0.2) is 8.78 Å². The van der Waals surface area contributed by atoms with Crippen LogP contribution in [0.25, 0.3) is 0 Å². The summed E-state index contributed by atoms with van der Waals surface area (Å²) in [6.45, 7) is 5.63. The molecule has 23 heavy (non-hydrogen) atoms. The molecule has 3 rings (SSSR count). The summed E-state index contributed by atoms with van der Waals surface area (Å²) < 4.78 is 29.4. The third kappa shape index (κ3) is 2.77. The molecule has 1 aliphatic heterocycles. The molecule has 0 bridgehead atoms. The van der Waals surface area contributed by atoms with Gasteiger partial charge in [0.2, 0.25) is 0 Å². The normalized spacial score (nSPS) is 17.7. The van der Waals surface area contributed by atoms with Gasteiger partial charge in [-0.2, -0.15) is 5.10 Å². The molecule has 2 heterocycles. The van der Waals surface area contributed by atoms with Gasteiger partial charge in [0.1, 0.15) is 11.6 Å². The minimum Gasteiger partial charge on any atom is -0.329 e. The van der Waals surface area contributed by atoms with Gasteiger partial charge in [-0.05, 0) is 37.5 Å². The molecule has 0 saturated carbocycles. The highest BCUT2D eigenvalue weighted by molar-refractivity contribution is 5.36. The van der Waals surface area contributed by atoms with Crippen molar-refractivity contribution in [2.45, 2.75) is 32.9 Å². The largest absolute Gasteiger partial charge is 0.329 e. The Labute approximate surface area is 134 Å². The number of aryl methyl sites for hydroxylation is 2. The van der Waals surface area contributed by atoms with Crippen molar-refractivity contribution in [2.24, 2.45) is 12.8 Å². The van der Waals surface area contributed by atoms with Crippen LogP contribution in [0.15, 0.2) is 12.1 Å². The van der Waals surface area contributed by atoms with E-state index < -0.39 is 11.6 Å². The second kappa shape index (κ2) is 6.02. The van der Waals surface area contributed by atoms with Crippen LogP contribution in [-0.2, 0) is 20.0 Å². The molecular weight excluding hydrogens is 298 g/mol. The molecule has 1 aromatic heterocycles. The van der Waals surface area contributed by atoms with Crippen LogP contribution in [0.4, 0.5) is 8.78 Å². The molecule has 1 aromatic carbocycles. The third-order valence-corrected chi connectivity index (χ3v) is 4.86. The van der Waals surface area contributed by atoms with E-state index in [1.165, 1.54) is 11.6 Å². The lowest BCUT2D eigenvalue weighted by atomic mass is 10.0. The van der Waals surface area contributed by atoms with Gasteiger partial charge in [-0.15, -0.1) is 0 Å². The van der Waals surface area contributed by atoms with E-state index >= 15 is 0 Å². The van der Waals surface area contributed by atoms with E-state index in [2.05, 4.69) is 10.00 Å². The topological polar surface area (TPSA) is 47.1 Å². The summed E-state index contributed by atoms with van der Waals surface area (Å²) in [5, 5.41) is 4.42. The molecule has 2 aromatic rings. The van der Waals surface area contributed by atoms with Crippen LogP contribution in [0.2, 0.25) is 0 Å². The zero-order valence-corrected chi connectivity index (χ0v) is 13.7. The molecule has 2 N–H and O–H groups in total. The summed E-state index contributed by atoms with van der Waals surface area (Å²) >= 11 is 0. The van der Waals surface area contributed by atoms with Gasteiger partial charge in [0.25, 0.3) is 0 Å². The summed E-state index contributed by atoms with van der Waals surface area (Å²) in [5.41, 5.74) is 10.5. The number of hydrogen-bond acceptors (Lipinski definition) is 3. The van der Waals surface area contributed by atoms with E-state index in [4.69, 9.17) is 5.73 Å². The Morgan fingerprint density at radius 3 is 2.65 bits per heavy atom. The first-order valence-electron chi connectivity index (χ1n) is 7.83. The highest BCUT2D eigenvalue weighted by Crippen LogP contribution is 2.35. The Hall–Kier alpha value is -1.79. The molecular formula is C17H22F2N4. The number of nitrogens with zero attached hydrogens (tertiary/aromatic N) is 3. The molecule has 4 nitrogen and oxygen atoms in total. The van der Waals surface area contributed by atoms with Crippen molar-refractivity contribution >= 4 is 0 Å². The summed E-state index contributed by atoms with van der Waals surface area (Å²) in [6, 6.07) is 2.17. The third-order valence-electron chi connectivity index (χ3n) is 4.86. The maximum absolute atomic E-state index is 14.1. The predicted octanol–water partition coefficient (Wildman–Crippen LogP) is 2.37. The monoisotopic (exact) mass is 320 g/mol. The van der Waals surface area contributed by atoms with Gasteiger partial charge in [0.15, 0.2) is 0 Å². The highest BCUT2D eigenvalue weighted by atomic mass is 19.1. The fourth-order valence-corrected chi connectivity index (χ4v) is 3.59. The fraction of sp³-hybridized carbons (Fsp3) is 0.471. The molecule has 1 unspecified atom stereocenters. The van der Waals surface area contributed by atoms with E-state index in [0.717, 1.165) is 30.4 Å². The van der Waals surface area contributed by atoms with Crippen molar-refractivity contribution in [3.63, 3.8) is 0 Å². The second-order valence-corrected chi connectivity index (χ2v) is 6.21. The van der Waals surface area contributed by atoms with Crippen LogP contribution >= 0.6 is 0 Å². The summed E-state index contributed by atoms with van der Waals surface area (Å²) in [4.78, 5) is 2.12. The van der Waals surface area contributed by atoms with Crippen molar-refractivity contribution in [3.8, 4) is 0 Å². The van der Waals surface area contributed by atoms with Crippen molar-refractivity contribution < 1.29 is 8.78 Å². The number of benzene rings is 1. The minimum absolute atomic E-state index is 0.192. The first kappa shape index (κ1) is 16.1. The Bertz CT molecular complexity index is 739. The van der Waals surface area contributed by atoms with Gasteiger partial charge in [-0.3, -0.25) is 9.58 Å². The number of halogens is 2. The second-order valence-electron chi connectivity index (χ2n) is 6.21. The molecule has 124 valence electrons. The van der Waals surface area contributed by atoms with Gasteiger partial charge in [0.05, 0.1) is 11.7 Å². The van der Waals surface area contributed by atoms with E-state index in [1.807, 2.05) is 25.6 Å². The predicted molar refractivity (Wildman–Crippen MR) is 84.9 cm³/mol. The number of fused-ring (bicyclic) bond motifs is 1. The minimum atomic E-state index is -0.530. The Morgan fingerprint density at radius 1 is 1.30 bits per heavy atom. The average molecular weight is 320 g/mol. The highest BCUT2D eigenvalue weighted by Gasteiger charge is 2.32. The number of hydrogen-bond donors (Lipinski definition) is 1. The Balaban J connectivity index is 1.81. The summed E-state index contributed by atoms with van der Waals surface area (Å²) in [7, 11) is 1.93. The molecule has 6 heteroatoms.